The molecule has 0 radical (unpaired) electrons. The molecule has 0 saturated heterocycles. The molecule has 2 aromatic carbocycles. The molecule has 1 heterocycles. The molecule has 27 heavy (non-hydrogen) atoms. The number of hydrogen-bond donors (Lipinski definition) is 1. The van der Waals surface area contributed by atoms with Crippen LogP contribution >= 0.6 is 0 Å². The fourth-order valence-electron chi connectivity index (χ4n) is 3.28. The number of nitrogens with zero attached hydrogens (tertiary/aromatic N) is 1. The Kier molecular flexibility index (Phi) is 5.69. The summed E-state index contributed by atoms with van der Waals surface area (Å²) in [6.07, 6.45) is 1.28. The van der Waals surface area contributed by atoms with Gasteiger partial charge < -0.3 is 9.52 Å². The van der Waals surface area contributed by atoms with E-state index in [1.807, 2.05) is 30.1 Å². The molecule has 1 aromatic heterocycles. The van der Waals surface area contributed by atoms with Gasteiger partial charge in [0.05, 0.1) is 11.0 Å². The Balaban J connectivity index is 1.73. The van der Waals surface area contributed by atoms with E-state index in [9.17, 15) is 13.5 Å². The maximum Gasteiger partial charge on any atom is 0.175 e. The molecule has 0 fully saturated rings. The number of sulfone groups is 1. The molecule has 0 bridgehead atoms. The van der Waals surface area contributed by atoms with E-state index >= 15 is 0 Å². The van der Waals surface area contributed by atoms with Gasteiger partial charge in [-0.05, 0) is 30.8 Å². The van der Waals surface area contributed by atoms with Gasteiger partial charge in [0, 0.05) is 36.7 Å². The third-order valence-corrected chi connectivity index (χ3v) is 5.84. The zero-order chi connectivity index (χ0) is 19.6. The minimum Gasteiger partial charge on any atom is -0.461 e. The van der Waals surface area contributed by atoms with Gasteiger partial charge in [0.2, 0.25) is 0 Å². The number of para-hydroxylation sites is 1. The van der Waals surface area contributed by atoms with Gasteiger partial charge in [-0.1, -0.05) is 37.3 Å². The Bertz CT molecular complexity index is 1020. The van der Waals surface area contributed by atoms with Gasteiger partial charge in [-0.25, -0.2) is 8.42 Å². The van der Waals surface area contributed by atoms with Crippen LogP contribution in [0.5, 0.6) is 0 Å². The zero-order valence-corrected chi connectivity index (χ0v) is 16.7. The summed E-state index contributed by atoms with van der Waals surface area (Å²) in [5.41, 5.74) is 2.73. The highest BCUT2D eigenvalue weighted by Gasteiger charge is 2.17. The summed E-state index contributed by atoms with van der Waals surface area (Å²) in [6, 6.07) is 14.4. The summed E-state index contributed by atoms with van der Waals surface area (Å²) in [4.78, 5) is 2.30. The van der Waals surface area contributed by atoms with Crippen LogP contribution in [0, 0.1) is 0 Å². The average Bonchev–Trinajstić information content (AvgIpc) is 2.98. The monoisotopic (exact) mass is 387 g/mol. The van der Waals surface area contributed by atoms with Gasteiger partial charge in [-0.2, -0.15) is 0 Å². The number of rotatable bonds is 7. The molecule has 5 nitrogen and oxygen atoms in total. The summed E-state index contributed by atoms with van der Waals surface area (Å²) < 4.78 is 29.1. The summed E-state index contributed by atoms with van der Waals surface area (Å²) >= 11 is 0. The number of furan rings is 1. The molecule has 0 saturated carbocycles. The predicted molar refractivity (Wildman–Crippen MR) is 106 cm³/mol. The van der Waals surface area contributed by atoms with Crippen LogP contribution in [0.25, 0.3) is 11.0 Å². The number of hydrogen-bond acceptors (Lipinski definition) is 5. The number of likely N-dealkylation sites (N-methyl/N-ethyl adjacent to an activating group) is 1. The van der Waals surface area contributed by atoms with E-state index in [1.165, 1.54) is 18.4 Å². The molecule has 3 aromatic rings. The van der Waals surface area contributed by atoms with Crippen LogP contribution in [0.3, 0.4) is 0 Å². The molecule has 6 heteroatoms. The van der Waals surface area contributed by atoms with Crippen molar-refractivity contribution in [1.29, 1.82) is 0 Å². The van der Waals surface area contributed by atoms with Crippen LogP contribution in [-0.4, -0.2) is 38.3 Å². The smallest absolute Gasteiger partial charge is 0.175 e. The molecule has 1 atom stereocenters. The lowest BCUT2D eigenvalue weighted by atomic mass is 10.1. The first-order chi connectivity index (χ1) is 12.8. The number of benzene rings is 2. The van der Waals surface area contributed by atoms with Crippen LogP contribution in [-0.2, 0) is 22.8 Å². The molecule has 0 amide bonds. The normalized spacial score (nSPS) is 13.4. The fourth-order valence-corrected chi connectivity index (χ4v) is 3.91. The van der Waals surface area contributed by atoms with Gasteiger partial charge >= 0.3 is 0 Å². The molecule has 3 rings (SSSR count). The molecule has 0 spiro atoms. The van der Waals surface area contributed by atoms with Crippen molar-refractivity contribution in [2.75, 3.05) is 19.8 Å². The van der Waals surface area contributed by atoms with Crippen molar-refractivity contribution in [2.45, 2.75) is 30.9 Å². The Morgan fingerprint density at radius 2 is 1.78 bits per heavy atom. The van der Waals surface area contributed by atoms with Crippen molar-refractivity contribution in [1.82, 2.24) is 4.90 Å². The lowest BCUT2D eigenvalue weighted by Crippen LogP contribution is -2.24. The largest absolute Gasteiger partial charge is 0.461 e. The first kappa shape index (κ1) is 19.6. The van der Waals surface area contributed by atoms with Crippen molar-refractivity contribution >= 4 is 20.8 Å². The van der Waals surface area contributed by atoms with E-state index in [2.05, 4.69) is 13.0 Å². The van der Waals surface area contributed by atoms with Gasteiger partial charge in [-0.3, -0.25) is 4.90 Å². The lowest BCUT2D eigenvalue weighted by molar-refractivity contribution is 0.123. The lowest BCUT2D eigenvalue weighted by Gasteiger charge is -2.21. The molecule has 144 valence electrons. The zero-order valence-electron chi connectivity index (χ0n) is 15.8. The van der Waals surface area contributed by atoms with Gasteiger partial charge in [-0.15, -0.1) is 0 Å². The SMILES string of the molecule is CCc1oc2ccccc2c1CN(C)CC(O)c1ccc(S(C)(=O)=O)cc1. The quantitative estimate of drug-likeness (QED) is 0.671. The molecule has 0 aliphatic rings. The van der Waals surface area contributed by atoms with Gasteiger partial charge in [0.25, 0.3) is 0 Å². The fraction of sp³-hybridized carbons (Fsp3) is 0.333. The van der Waals surface area contributed by atoms with E-state index in [4.69, 9.17) is 4.42 Å². The van der Waals surface area contributed by atoms with Crippen molar-refractivity contribution in [3.63, 3.8) is 0 Å². The van der Waals surface area contributed by atoms with Crippen molar-refractivity contribution < 1.29 is 17.9 Å². The summed E-state index contributed by atoms with van der Waals surface area (Å²) in [5.74, 6) is 0.968. The highest BCUT2D eigenvalue weighted by atomic mass is 32.2. The third-order valence-electron chi connectivity index (χ3n) is 4.71. The van der Waals surface area contributed by atoms with E-state index in [-0.39, 0.29) is 4.90 Å². The van der Waals surface area contributed by atoms with E-state index < -0.39 is 15.9 Å². The maximum absolute atomic E-state index is 11.6. The second kappa shape index (κ2) is 7.84. The van der Waals surface area contributed by atoms with Gasteiger partial charge in [0.15, 0.2) is 9.84 Å². The average molecular weight is 388 g/mol. The summed E-state index contributed by atoms with van der Waals surface area (Å²) in [5, 5.41) is 11.6. The molecule has 1 N–H and O–H groups in total. The number of fused-ring (bicyclic) bond motifs is 1. The molecule has 0 aliphatic heterocycles. The Hall–Kier alpha value is -2.15. The summed E-state index contributed by atoms with van der Waals surface area (Å²) in [7, 11) is -1.28. The number of aliphatic hydroxyl groups excluding tert-OH is 1. The third kappa shape index (κ3) is 4.40. The first-order valence-electron chi connectivity index (χ1n) is 8.95. The number of aliphatic hydroxyl groups is 1. The second-order valence-corrected chi connectivity index (χ2v) is 8.92. The standard InChI is InChI=1S/C21H25NO4S/c1-4-20-18(17-7-5-6-8-21(17)26-20)13-22(2)14-19(23)15-9-11-16(12-10-15)27(3,24)25/h5-12,19,23H,4,13-14H2,1-3H3. The van der Waals surface area contributed by atoms with Gasteiger partial charge in [0.1, 0.15) is 11.3 Å². The molecule has 0 aliphatic carbocycles. The highest BCUT2D eigenvalue weighted by molar-refractivity contribution is 7.90. The van der Waals surface area contributed by atoms with Crippen LogP contribution in [0.15, 0.2) is 57.8 Å². The van der Waals surface area contributed by atoms with Crippen molar-refractivity contribution in [2.24, 2.45) is 0 Å². The van der Waals surface area contributed by atoms with E-state index in [1.54, 1.807) is 12.1 Å². The molecular formula is C21H25NO4S. The van der Waals surface area contributed by atoms with Crippen LogP contribution < -0.4 is 0 Å². The Morgan fingerprint density at radius 1 is 1.11 bits per heavy atom. The van der Waals surface area contributed by atoms with Crippen LogP contribution in [0.4, 0.5) is 0 Å². The van der Waals surface area contributed by atoms with Crippen molar-refractivity contribution in [3.8, 4) is 0 Å². The molecule has 1 unspecified atom stereocenters. The first-order valence-corrected chi connectivity index (χ1v) is 10.8. The van der Waals surface area contributed by atoms with E-state index in [0.717, 1.165) is 28.7 Å². The van der Waals surface area contributed by atoms with Crippen LogP contribution in [0.1, 0.15) is 29.9 Å². The Labute approximate surface area is 160 Å². The molecular weight excluding hydrogens is 362 g/mol. The topological polar surface area (TPSA) is 70.8 Å². The number of aryl methyl sites for hydroxylation is 1. The second-order valence-electron chi connectivity index (χ2n) is 6.91. The Morgan fingerprint density at radius 3 is 2.41 bits per heavy atom. The van der Waals surface area contributed by atoms with E-state index in [0.29, 0.717) is 18.7 Å². The predicted octanol–water partition coefficient (Wildman–Crippen LogP) is 3.56. The van der Waals surface area contributed by atoms with Crippen molar-refractivity contribution in [3.05, 3.63) is 65.4 Å². The summed E-state index contributed by atoms with van der Waals surface area (Å²) in [6.45, 7) is 3.17. The minimum atomic E-state index is -3.23. The maximum atomic E-state index is 11.6. The van der Waals surface area contributed by atoms with Crippen LogP contribution in [0.2, 0.25) is 0 Å². The highest BCUT2D eigenvalue weighted by Crippen LogP contribution is 2.28. The minimum absolute atomic E-state index is 0.254.